The Bertz CT molecular complexity index is 148. The summed E-state index contributed by atoms with van der Waals surface area (Å²) in [4.78, 5) is 43.1. The molecule has 0 aliphatic rings. The Morgan fingerprint density at radius 2 is 0.643 bits per heavy atom. The van der Waals surface area contributed by atoms with Gasteiger partial charge >= 0.3 is 84.8 Å². The molecule has 0 aromatic rings. The first-order valence-electron chi connectivity index (χ1n) is 1.57. The largest absolute Gasteiger partial charge is 2.00 e. The number of hydrogen-bond acceptors (Lipinski definition) is 2. The fourth-order valence-corrected chi connectivity index (χ4v) is 0. The van der Waals surface area contributed by atoms with E-state index < -0.39 is 15.6 Å². The average molecular weight is 293 g/mol. The van der Waals surface area contributed by atoms with E-state index in [4.69, 9.17) is 38.5 Å². The molecule has 84 valence electrons. The van der Waals surface area contributed by atoms with E-state index in [0.717, 1.165) is 0 Å². The molecule has 0 atom stereocenters. The van der Waals surface area contributed by atoms with Gasteiger partial charge in [-0.2, -0.15) is 0 Å². The Morgan fingerprint density at radius 3 is 0.643 bits per heavy atom. The normalized spacial score (nSPS) is 8.43. The molecule has 0 heterocycles. The second kappa shape index (κ2) is 15.5. The maximum Gasteiger partial charge on any atom is 2.00 e. The summed E-state index contributed by atoms with van der Waals surface area (Å²) in [7, 11) is -9.28. The van der Waals surface area contributed by atoms with Crippen molar-refractivity contribution in [2.24, 2.45) is 0 Å². The topological polar surface area (TPSA) is 187 Å². The summed E-state index contributed by atoms with van der Waals surface area (Å²) in [6.45, 7) is 0. The standard InChI is InChI=1S/3Mg.2H3O4P.H2O.6H/c;;;2*1-5(2,3)4;;;;;;;/h;;;2*(H3,1,2,3,4);1H2;;;;;;/q3*+2;;;;6*-1. The molecule has 9 nitrogen and oxygen atoms in total. The molecule has 14 heteroatoms. The predicted molar refractivity (Wildman–Crippen MR) is 56.1 cm³/mol. The zero-order valence-corrected chi connectivity index (χ0v) is 13.0. The number of phosphoric acid groups is 2. The molecule has 0 rings (SSSR count). The Hall–Kier alpha value is 2.48. The zero-order valence-electron chi connectivity index (χ0n) is 13.0. The summed E-state index contributed by atoms with van der Waals surface area (Å²) in [5.41, 5.74) is 0. The molecule has 0 aromatic carbocycles. The Labute approximate surface area is 136 Å². The minimum Gasteiger partial charge on any atom is -1.00 e. The molecular weight excluding hydrogens is 279 g/mol. The van der Waals surface area contributed by atoms with Crippen LogP contribution in [0.25, 0.3) is 0 Å². The molecule has 0 fully saturated rings. The van der Waals surface area contributed by atoms with Crippen LogP contribution in [0, 0.1) is 0 Å². The van der Waals surface area contributed by atoms with E-state index >= 15 is 0 Å². The van der Waals surface area contributed by atoms with Gasteiger partial charge in [0.05, 0.1) is 0 Å². The minimum absolute atomic E-state index is 0. The predicted octanol–water partition coefficient (Wildman–Crippen LogP) is -3.15. The van der Waals surface area contributed by atoms with Crippen LogP contribution in [0.1, 0.15) is 8.56 Å². The van der Waals surface area contributed by atoms with Crippen molar-refractivity contribution >= 4 is 84.8 Å². The summed E-state index contributed by atoms with van der Waals surface area (Å²) < 4.78 is 17.8. The smallest absolute Gasteiger partial charge is 1.00 e. The van der Waals surface area contributed by atoms with E-state index in [0.29, 0.717) is 0 Å². The second-order valence-corrected chi connectivity index (χ2v) is 3.08. The molecule has 0 bridgehead atoms. The molecular formula is H14Mg3O9P2. The fourth-order valence-electron chi connectivity index (χ4n) is 0. The van der Waals surface area contributed by atoms with Crippen molar-refractivity contribution in [2.45, 2.75) is 0 Å². The molecule has 0 unspecified atom stereocenters. The first kappa shape index (κ1) is 36.0. The molecule has 0 radical (unpaired) electrons. The van der Waals surface area contributed by atoms with Gasteiger partial charge in [0.25, 0.3) is 0 Å². The number of rotatable bonds is 0. The van der Waals surface area contributed by atoms with Gasteiger partial charge in [-0.3, -0.25) is 0 Å². The van der Waals surface area contributed by atoms with Gasteiger partial charge < -0.3 is 43.4 Å². The van der Waals surface area contributed by atoms with Crippen molar-refractivity contribution in [1.82, 2.24) is 0 Å². The van der Waals surface area contributed by atoms with Gasteiger partial charge in [0.2, 0.25) is 0 Å². The molecule has 0 spiro atoms. The van der Waals surface area contributed by atoms with Crippen molar-refractivity contribution in [2.75, 3.05) is 0 Å². The van der Waals surface area contributed by atoms with Crippen molar-refractivity contribution in [3.05, 3.63) is 0 Å². The summed E-state index contributed by atoms with van der Waals surface area (Å²) in [6.07, 6.45) is 0. The third-order valence-electron chi connectivity index (χ3n) is 0. The van der Waals surface area contributed by atoms with Gasteiger partial charge in [-0.25, -0.2) is 9.13 Å². The molecule has 0 aromatic heterocycles. The van der Waals surface area contributed by atoms with Gasteiger partial charge in [0.15, 0.2) is 0 Å². The van der Waals surface area contributed by atoms with E-state index in [9.17, 15) is 0 Å². The SMILES string of the molecule is O.O=P(O)(O)O.O=P(O)(O)O.[H-].[H-].[H-].[H-].[H-].[H-].[Mg+2].[Mg+2].[Mg+2]. The number of hydrogen-bond donors (Lipinski definition) is 6. The molecule has 14 heavy (non-hydrogen) atoms. The molecule has 0 aliphatic carbocycles. The van der Waals surface area contributed by atoms with Crippen molar-refractivity contribution in [3.63, 3.8) is 0 Å². The first-order chi connectivity index (χ1) is 4.00. The van der Waals surface area contributed by atoms with Crippen LogP contribution in [0.2, 0.25) is 0 Å². The van der Waals surface area contributed by atoms with Crippen LogP contribution in [0.4, 0.5) is 0 Å². The van der Waals surface area contributed by atoms with Crippen LogP contribution in [0.3, 0.4) is 0 Å². The maximum atomic E-state index is 8.88. The van der Waals surface area contributed by atoms with Crippen LogP contribution in [0.5, 0.6) is 0 Å². The van der Waals surface area contributed by atoms with Crippen LogP contribution < -0.4 is 0 Å². The summed E-state index contributed by atoms with van der Waals surface area (Å²) in [5.74, 6) is 0. The van der Waals surface area contributed by atoms with Crippen LogP contribution in [0.15, 0.2) is 0 Å². The molecule has 0 amide bonds. The van der Waals surface area contributed by atoms with Gasteiger partial charge in [-0.15, -0.1) is 0 Å². The molecule has 8 N–H and O–H groups in total. The summed E-state index contributed by atoms with van der Waals surface area (Å²) >= 11 is 0. The Morgan fingerprint density at radius 1 is 0.643 bits per heavy atom. The van der Waals surface area contributed by atoms with E-state index in [1.807, 2.05) is 0 Å². The van der Waals surface area contributed by atoms with Crippen molar-refractivity contribution < 1.29 is 52.5 Å². The van der Waals surface area contributed by atoms with Gasteiger partial charge in [-0.1, -0.05) is 0 Å². The van der Waals surface area contributed by atoms with Crippen LogP contribution in [-0.2, 0) is 9.13 Å². The van der Waals surface area contributed by atoms with Crippen molar-refractivity contribution in [3.8, 4) is 0 Å². The van der Waals surface area contributed by atoms with Gasteiger partial charge in [-0.05, 0) is 0 Å². The molecule has 0 saturated heterocycles. The minimum atomic E-state index is -4.64. The molecule has 0 aliphatic heterocycles. The third kappa shape index (κ3) is 428. The third-order valence-corrected chi connectivity index (χ3v) is 0. The molecule has 0 saturated carbocycles. The first-order valence-corrected chi connectivity index (χ1v) is 4.70. The maximum absolute atomic E-state index is 8.88. The van der Waals surface area contributed by atoms with Crippen LogP contribution in [-0.4, -0.2) is 104 Å². The van der Waals surface area contributed by atoms with E-state index in [1.165, 1.54) is 0 Å². The van der Waals surface area contributed by atoms with E-state index in [-0.39, 0.29) is 83.2 Å². The average Bonchev–Trinajstić information content (AvgIpc) is 1.12. The van der Waals surface area contributed by atoms with Gasteiger partial charge in [0, 0.05) is 0 Å². The second-order valence-electron chi connectivity index (χ2n) is 1.03. The van der Waals surface area contributed by atoms with Crippen molar-refractivity contribution in [1.29, 1.82) is 0 Å². The monoisotopic (exact) mass is 292 g/mol. The van der Waals surface area contributed by atoms with Crippen LogP contribution >= 0.6 is 15.6 Å². The zero-order chi connectivity index (χ0) is 9.00. The van der Waals surface area contributed by atoms with E-state index in [1.54, 1.807) is 0 Å². The Kier molecular flexibility index (Phi) is 39.8. The fraction of sp³-hybridized carbons (Fsp3) is 0. The Balaban J connectivity index is -0.00000000427. The van der Waals surface area contributed by atoms with E-state index in [2.05, 4.69) is 0 Å². The quantitative estimate of drug-likeness (QED) is 0.199. The summed E-state index contributed by atoms with van der Waals surface area (Å²) in [5, 5.41) is 0. The summed E-state index contributed by atoms with van der Waals surface area (Å²) in [6, 6.07) is 0. The van der Waals surface area contributed by atoms with Gasteiger partial charge in [0.1, 0.15) is 0 Å².